The Balaban J connectivity index is 2.11. The van der Waals surface area contributed by atoms with Crippen LogP contribution in [0.1, 0.15) is 13.8 Å². The molecule has 4 nitrogen and oxygen atoms in total. The molecule has 0 aliphatic heterocycles. The van der Waals surface area contributed by atoms with Crippen LogP contribution < -0.4 is 5.73 Å². The number of nitrogens with zero attached hydrogens (tertiary/aromatic N) is 3. The van der Waals surface area contributed by atoms with E-state index in [0.29, 0.717) is 5.13 Å². The van der Waals surface area contributed by atoms with Crippen molar-refractivity contribution in [1.82, 2.24) is 15.1 Å². The van der Waals surface area contributed by atoms with Crippen LogP contribution >= 0.6 is 32.9 Å². The summed E-state index contributed by atoms with van der Waals surface area (Å²) in [6.45, 7) is 7.74. The van der Waals surface area contributed by atoms with Crippen molar-refractivity contribution < 1.29 is 0 Å². The van der Waals surface area contributed by atoms with Crippen molar-refractivity contribution in [2.45, 2.75) is 18.2 Å². The Bertz CT molecular complexity index is 275. The number of rotatable bonds is 7. The Morgan fingerprint density at radius 2 is 2.07 bits per heavy atom. The van der Waals surface area contributed by atoms with Gasteiger partial charge in [0.05, 0.1) is 0 Å². The minimum atomic E-state index is 0.543. The predicted octanol–water partition coefficient (Wildman–Crippen LogP) is 2.20. The van der Waals surface area contributed by atoms with Crippen LogP contribution in [0.2, 0.25) is 0 Å². The van der Waals surface area contributed by atoms with E-state index in [9.17, 15) is 0 Å². The lowest BCUT2D eigenvalue weighted by molar-refractivity contribution is 0.324. The summed E-state index contributed by atoms with van der Waals surface area (Å²) in [6.07, 6.45) is 0. The third kappa shape index (κ3) is 5.05. The Morgan fingerprint density at radius 3 is 2.60 bits per heavy atom. The fraction of sp³-hybridized carbons (Fsp3) is 0.750. The molecule has 86 valence electrons. The summed E-state index contributed by atoms with van der Waals surface area (Å²) in [5, 5.41) is 8.25. The van der Waals surface area contributed by atoms with Crippen molar-refractivity contribution in [1.29, 1.82) is 0 Å². The van der Waals surface area contributed by atoms with Gasteiger partial charge in [-0.1, -0.05) is 36.0 Å². The molecule has 0 aliphatic carbocycles. The van der Waals surface area contributed by atoms with Gasteiger partial charge in [-0.05, 0) is 23.9 Å². The van der Waals surface area contributed by atoms with Gasteiger partial charge in [-0.15, -0.1) is 10.2 Å². The normalized spacial score (nSPS) is 11.1. The van der Waals surface area contributed by atoms with Crippen molar-refractivity contribution in [3.05, 3.63) is 0 Å². The number of nitrogen functional groups attached to an aromatic ring is 1. The second kappa shape index (κ2) is 7.32. The molecular weight excluding hydrogens is 248 g/mol. The predicted molar refractivity (Wildman–Crippen MR) is 70.4 cm³/mol. The van der Waals surface area contributed by atoms with Gasteiger partial charge in [0, 0.05) is 12.3 Å². The first-order valence-corrected chi connectivity index (χ1v) is 8.00. The molecule has 2 N–H and O–H groups in total. The average Bonchev–Trinajstić information content (AvgIpc) is 2.65. The molecule has 15 heavy (non-hydrogen) atoms. The molecule has 7 heteroatoms. The van der Waals surface area contributed by atoms with Crippen LogP contribution in [0.15, 0.2) is 4.34 Å². The molecule has 0 amide bonds. The van der Waals surface area contributed by atoms with Crippen LogP contribution in [0, 0.1) is 0 Å². The first-order chi connectivity index (χ1) is 7.26. The third-order valence-electron chi connectivity index (χ3n) is 1.94. The van der Waals surface area contributed by atoms with Gasteiger partial charge in [0.25, 0.3) is 0 Å². The quantitative estimate of drug-likeness (QED) is 0.602. The summed E-state index contributed by atoms with van der Waals surface area (Å²) in [4.78, 5) is 2.40. The molecule has 1 aromatic rings. The van der Waals surface area contributed by atoms with E-state index >= 15 is 0 Å². The van der Waals surface area contributed by atoms with Crippen LogP contribution in [0.4, 0.5) is 5.13 Å². The molecular formula is C8H16N4S3. The Morgan fingerprint density at radius 1 is 1.33 bits per heavy atom. The second-order valence-corrected chi connectivity index (χ2v) is 6.51. The van der Waals surface area contributed by atoms with Gasteiger partial charge in [-0.25, -0.2) is 0 Å². The molecule has 0 fully saturated rings. The smallest absolute Gasteiger partial charge is 0.203 e. The lowest BCUT2D eigenvalue weighted by Crippen LogP contribution is -2.25. The van der Waals surface area contributed by atoms with Gasteiger partial charge in [0.2, 0.25) is 5.13 Å². The van der Waals surface area contributed by atoms with Crippen molar-refractivity contribution in [2.24, 2.45) is 0 Å². The summed E-state index contributed by atoms with van der Waals surface area (Å²) in [5.41, 5.74) is 5.49. The van der Waals surface area contributed by atoms with E-state index in [4.69, 9.17) is 5.73 Å². The molecule has 0 saturated heterocycles. The summed E-state index contributed by atoms with van der Waals surface area (Å²) >= 11 is 1.44. The van der Waals surface area contributed by atoms with Gasteiger partial charge in [-0.3, -0.25) is 0 Å². The lowest BCUT2D eigenvalue weighted by Gasteiger charge is -2.16. The van der Waals surface area contributed by atoms with Gasteiger partial charge < -0.3 is 10.6 Å². The van der Waals surface area contributed by atoms with Crippen molar-refractivity contribution >= 4 is 38.1 Å². The largest absolute Gasteiger partial charge is 0.374 e. The monoisotopic (exact) mass is 264 g/mol. The maximum atomic E-state index is 5.49. The summed E-state index contributed by atoms with van der Waals surface area (Å²) < 4.78 is 0.942. The molecule has 1 heterocycles. The molecule has 0 aromatic carbocycles. The number of aromatic nitrogens is 2. The number of anilines is 1. The standard InChI is InChI=1S/C8H16N4S3/c1-3-12(4-2)5-6-13-15-8-11-10-7(9)14-8/h3-6H2,1-2H3,(H2,9,10). The average molecular weight is 264 g/mol. The van der Waals surface area contributed by atoms with Crippen molar-refractivity contribution in [3.63, 3.8) is 0 Å². The minimum Gasteiger partial charge on any atom is -0.374 e. The summed E-state index contributed by atoms with van der Waals surface area (Å²) in [7, 11) is 3.47. The molecule has 0 atom stereocenters. The number of hydrogen-bond acceptors (Lipinski definition) is 7. The Kier molecular flexibility index (Phi) is 6.39. The van der Waals surface area contributed by atoms with Gasteiger partial charge in [-0.2, -0.15) is 0 Å². The van der Waals surface area contributed by atoms with E-state index in [1.807, 2.05) is 0 Å². The first kappa shape index (κ1) is 13.1. The highest BCUT2D eigenvalue weighted by molar-refractivity contribution is 8.77. The van der Waals surface area contributed by atoms with E-state index in [1.165, 1.54) is 11.3 Å². The van der Waals surface area contributed by atoms with Gasteiger partial charge in [0.15, 0.2) is 4.34 Å². The van der Waals surface area contributed by atoms with E-state index < -0.39 is 0 Å². The highest BCUT2D eigenvalue weighted by atomic mass is 33.1. The molecule has 1 rings (SSSR count). The molecule has 0 aliphatic rings. The lowest BCUT2D eigenvalue weighted by atomic mass is 10.5. The van der Waals surface area contributed by atoms with Crippen LogP contribution in [-0.2, 0) is 0 Å². The molecule has 0 bridgehead atoms. The maximum absolute atomic E-state index is 5.49. The van der Waals surface area contributed by atoms with Gasteiger partial charge in [0.1, 0.15) is 0 Å². The van der Waals surface area contributed by atoms with Crippen molar-refractivity contribution in [2.75, 3.05) is 31.1 Å². The highest BCUT2D eigenvalue weighted by Gasteiger charge is 2.03. The fourth-order valence-corrected chi connectivity index (χ4v) is 3.99. The van der Waals surface area contributed by atoms with Crippen LogP contribution in [0.25, 0.3) is 0 Å². The van der Waals surface area contributed by atoms with Crippen molar-refractivity contribution in [3.8, 4) is 0 Å². The molecule has 1 aromatic heterocycles. The van der Waals surface area contributed by atoms with E-state index in [2.05, 4.69) is 28.9 Å². The topological polar surface area (TPSA) is 55.0 Å². The number of hydrogen-bond donors (Lipinski definition) is 1. The minimum absolute atomic E-state index is 0.543. The molecule has 0 radical (unpaired) electrons. The van der Waals surface area contributed by atoms with E-state index in [0.717, 1.165) is 29.7 Å². The van der Waals surface area contributed by atoms with Crippen LogP contribution in [-0.4, -0.2) is 40.5 Å². The summed E-state index contributed by atoms with van der Waals surface area (Å²) in [6, 6.07) is 0. The van der Waals surface area contributed by atoms with E-state index in [-0.39, 0.29) is 0 Å². The second-order valence-electron chi connectivity index (χ2n) is 2.84. The zero-order chi connectivity index (χ0) is 11.1. The molecule has 0 spiro atoms. The van der Waals surface area contributed by atoms with E-state index in [1.54, 1.807) is 21.6 Å². The van der Waals surface area contributed by atoms with Gasteiger partial charge >= 0.3 is 0 Å². The number of nitrogens with two attached hydrogens (primary N) is 1. The Hall–Kier alpha value is 0.0200. The SMILES string of the molecule is CCN(CC)CCSSc1nnc(N)s1. The fourth-order valence-electron chi connectivity index (χ4n) is 1.05. The first-order valence-electron chi connectivity index (χ1n) is 4.87. The third-order valence-corrected chi connectivity index (χ3v) is 5.32. The molecule has 0 unspecified atom stereocenters. The van der Waals surface area contributed by atoms with Crippen LogP contribution in [0.5, 0.6) is 0 Å². The zero-order valence-corrected chi connectivity index (χ0v) is 11.4. The maximum Gasteiger partial charge on any atom is 0.203 e. The Labute approximate surface area is 102 Å². The van der Waals surface area contributed by atoms with Crippen LogP contribution in [0.3, 0.4) is 0 Å². The zero-order valence-electron chi connectivity index (χ0n) is 8.97. The highest BCUT2D eigenvalue weighted by Crippen LogP contribution is 2.33. The molecule has 0 saturated carbocycles. The summed E-state index contributed by atoms with van der Waals surface area (Å²) in [5.74, 6) is 1.10.